The molecule has 1 amide bonds. The lowest BCUT2D eigenvalue weighted by atomic mass is 9.99. The Morgan fingerprint density at radius 2 is 1.95 bits per heavy atom. The van der Waals surface area contributed by atoms with E-state index in [1.807, 2.05) is 51.1 Å². The predicted octanol–water partition coefficient (Wildman–Crippen LogP) is 3.93. The maximum Gasteiger partial charge on any atom is 0.229 e. The van der Waals surface area contributed by atoms with Gasteiger partial charge in [-0.05, 0) is 18.9 Å². The molecule has 3 nitrogen and oxygen atoms in total. The van der Waals surface area contributed by atoms with Gasteiger partial charge < -0.3 is 10.1 Å². The Hall–Kier alpha value is -0.770. The van der Waals surface area contributed by atoms with Crippen LogP contribution < -0.4 is 5.32 Å². The number of hydrogen-bond acceptors (Lipinski definition) is 2. The second-order valence-corrected chi connectivity index (χ2v) is 7.43. The molecule has 0 saturated heterocycles. The van der Waals surface area contributed by atoms with E-state index in [-0.39, 0.29) is 17.9 Å². The molecule has 0 bridgehead atoms. The molecule has 0 unspecified atom stereocenters. The van der Waals surface area contributed by atoms with Crippen molar-refractivity contribution in [1.29, 1.82) is 0 Å². The van der Waals surface area contributed by atoms with Crippen molar-refractivity contribution in [2.45, 2.75) is 44.2 Å². The number of nitrogens with one attached hydrogen (secondary N) is 1. The Bertz CT molecular complexity index is 521. The largest absolute Gasteiger partial charge is 0.375 e. The summed E-state index contributed by atoms with van der Waals surface area (Å²) in [6, 6.07) is 9.86. The van der Waals surface area contributed by atoms with Crippen molar-refractivity contribution in [1.82, 2.24) is 5.32 Å². The average molecular weight is 344 g/mol. The Morgan fingerprint density at radius 3 is 2.45 bits per heavy atom. The number of alkyl halides is 2. The first-order valence-corrected chi connectivity index (χ1v) is 8.42. The van der Waals surface area contributed by atoms with Crippen molar-refractivity contribution < 1.29 is 9.53 Å². The van der Waals surface area contributed by atoms with Crippen molar-refractivity contribution in [2.24, 2.45) is 11.3 Å². The van der Waals surface area contributed by atoms with E-state index in [0.29, 0.717) is 19.6 Å². The van der Waals surface area contributed by atoms with Crippen molar-refractivity contribution >= 4 is 29.1 Å². The number of rotatable bonds is 7. The van der Waals surface area contributed by atoms with Crippen molar-refractivity contribution in [2.75, 3.05) is 6.61 Å². The molecule has 1 aliphatic rings. The molecule has 3 atom stereocenters. The van der Waals surface area contributed by atoms with Gasteiger partial charge in [-0.3, -0.25) is 4.79 Å². The van der Waals surface area contributed by atoms with Crippen LogP contribution in [0.15, 0.2) is 30.3 Å². The summed E-state index contributed by atoms with van der Waals surface area (Å²) in [6.07, 6.45) is 0.630. The highest BCUT2D eigenvalue weighted by molar-refractivity contribution is 6.53. The van der Waals surface area contributed by atoms with Gasteiger partial charge in [0.1, 0.15) is 4.33 Å². The third-order valence-corrected chi connectivity index (χ3v) is 5.94. The number of carbonyl (C=O) groups is 1. The predicted molar refractivity (Wildman–Crippen MR) is 90.0 cm³/mol. The van der Waals surface area contributed by atoms with Gasteiger partial charge in [-0.25, -0.2) is 0 Å². The molecule has 0 aliphatic heterocycles. The fraction of sp³-hybridized carbons (Fsp3) is 0.588. The van der Waals surface area contributed by atoms with E-state index in [0.717, 1.165) is 5.56 Å². The zero-order chi connectivity index (χ0) is 16.4. The molecular formula is C17H23Cl2NO2. The molecule has 122 valence electrons. The smallest absolute Gasteiger partial charge is 0.229 e. The summed E-state index contributed by atoms with van der Waals surface area (Å²) >= 11 is 12.5. The van der Waals surface area contributed by atoms with Crippen molar-refractivity contribution in [3.8, 4) is 0 Å². The van der Waals surface area contributed by atoms with Crippen LogP contribution in [0.5, 0.6) is 0 Å². The summed E-state index contributed by atoms with van der Waals surface area (Å²) in [5.74, 6) is -0.117. The van der Waals surface area contributed by atoms with E-state index in [4.69, 9.17) is 27.9 Å². The zero-order valence-corrected chi connectivity index (χ0v) is 14.7. The molecule has 0 radical (unpaired) electrons. The van der Waals surface area contributed by atoms with Gasteiger partial charge in [0.05, 0.1) is 18.6 Å². The van der Waals surface area contributed by atoms with Gasteiger partial charge in [0.2, 0.25) is 5.91 Å². The Balaban J connectivity index is 1.80. The van der Waals surface area contributed by atoms with Crippen LogP contribution in [0.4, 0.5) is 0 Å². The lowest BCUT2D eigenvalue weighted by molar-refractivity contribution is -0.128. The van der Waals surface area contributed by atoms with Gasteiger partial charge in [0, 0.05) is 12.0 Å². The Kier molecular flexibility index (Phi) is 5.41. The second-order valence-electron chi connectivity index (χ2n) is 6.04. The van der Waals surface area contributed by atoms with Gasteiger partial charge in [-0.1, -0.05) is 44.2 Å². The van der Waals surface area contributed by atoms with Crippen LogP contribution in [-0.4, -0.2) is 22.9 Å². The van der Waals surface area contributed by atoms with Gasteiger partial charge in [0.15, 0.2) is 0 Å². The third-order valence-electron chi connectivity index (χ3n) is 4.61. The molecule has 1 aromatic carbocycles. The van der Waals surface area contributed by atoms with Crippen LogP contribution in [0.2, 0.25) is 0 Å². The fourth-order valence-electron chi connectivity index (χ4n) is 3.01. The summed E-state index contributed by atoms with van der Waals surface area (Å²) in [7, 11) is 0. The minimum Gasteiger partial charge on any atom is -0.375 e. The molecular weight excluding hydrogens is 321 g/mol. The van der Waals surface area contributed by atoms with E-state index in [1.165, 1.54) is 0 Å². The first-order valence-electron chi connectivity index (χ1n) is 7.66. The summed E-state index contributed by atoms with van der Waals surface area (Å²) in [5, 5.41) is 2.97. The molecule has 1 aromatic rings. The van der Waals surface area contributed by atoms with Gasteiger partial charge in [-0.2, -0.15) is 0 Å². The fourth-order valence-corrected chi connectivity index (χ4v) is 4.04. The van der Waals surface area contributed by atoms with Crippen LogP contribution in [0.3, 0.4) is 0 Å². The molecule has 1 saturated carbocycles. The number of amides is 1. The quantitative estimate of drug-likeness (QED) is 0.761. The molecule has 1 fully saturated rings. The molecule has 22 heavy (non-hydrogen) atoms. The van der Waals surface area contributed by atoms with Crippen molar-refractivity contribution in [3.05, 3.63) is 35.9 Å². The summed E-state index contributed by atoms with van der Waals surface area (Å²) in [5.41, 5.74) is 0.437. The number of halogens is 2. The zero-order valence-electron chi connectivity index (χ0n) is 13.2. The van der Waals surface area contributed by atoms with Gasteiger partial charge >= 0.3 is 0 Å². The minimum atomic E-state index is -0.962. The standard InChI is InChI=1S/C17H23Cl2NO2/c1-4-16(13(3)17(16,18)19)15(21)20-12(2)10-22-11-14-8-6-5-7-9-14/h5-9,12-13H,4,10-11H2,1-3H3,(H,20,21)/t12-,13-,16-/m1/s1. The van der Waals surface area contributed by atoms with Gasteiger partial charge in [0.25, 0.3) is 0 Å². The summed E-state index contributed by atoms with van der Waals surface area (Å²) in [6.45, 7) is 6.76. The number of carbonyl (C=O) groups excluding carboxylic acids is 1. The van der Waals surface area contributed by atoms with Crippen LogP contribution in [-0.2, 0) is 16.1 Å². The second kappa shape index (κ2) is 6.77. The van der Waals surface area contributed by atoms with E-state index < -0.39 is 9.75 Å². The highest BCUT2D eigenvalue weighted by Crippen LogP contribution is 2.70. The molecule has 0 spiro atoms. The van der Waals surface area contributed by atoms with Crippen molar-refractivity contribution in [3.63, 3.8) is 0 Å². The SMILES string of the molecule is CC[C@]1(C(=O)N[C@H](C)COCc2ccccc2)[C@@H](C)C1(Cl)Cl. The lowest BCUT2D eigenvalue weighted by Crippen LogP contribution is -2.42. The number of hydrogen-bond donors (Lipinski definition) is 1. The highest BCUT2D eigenvalue weighted by Gasteiger charge is 2.76. The summed E-state index contributed by atoms with van der Waals surface area (Å²) in [4.78, 5) is 12.5. The summed E-state index contributed by atoms with van der Waals surface area (Å²) < 4.78 is 4.69. The normalized spacial score (nSPS) is 27.2. The van der Waals surface area contributed by atoms with Gasteiger partial charge in [-0.15, -0.1) is 23.2 Å². The van der Waals surface area contributed by atoms with Crippen LogP contribution >= 0.6 is 23.2 Å². The van der Waals surface area contributed by atoms with Crippen LogP contribution in [0.1, 0.15) is 32.8 Å². The average Bonchev–Trinajstić information content (AvgIpc) is 2.93. The lowest BCUT2D eigenvalue weighted by Gasteiger charge is -2.20. The molecule has 1 N–H and O–H groups in total. The van der Waals surface area contributed by atoms with E-state index >= 15 is 0 Å². The molecule has 1 aliphatic carbocycles. The molecule has 0 aromatic heterocycles. The highest BCUT2D eigenvalue weighted by atomic mass is 35.5. The maximum absolute atomic E-state index is 12.5. The first-order chi connectivity index (χ1) is 10.4. The number of benzene rings is 1. The minimum absolute atomic E-state index is 0.0363. The first kappa shape index (κ1) is 17.6. The molecule has 5 heteroatoms. The van der Waals surface area contributed by atoms with E-state index in [2.05, 4.69) is 5.32 Å². The van der Waals surface area contributed by atoms with E-state index in [9.17, 15) is 4.79 Å². The topological polar surface area (TPSA) is 38.3 Å². The molecule has 0 heterocycles. The Labute approximate surface area is 142 Å². The molecule has 2 rings (SSSR count). The number of ether oxygens (including phenoxy) is 1. The maximum atomic E-state index is 12.5. The van der Waals surface area contributed by atoms with Crippen LogP contribution in [0.25, 0.3) is 0 Å². The monoisotopic (exact) mass is 343 g/mol. The van der Waals surface area contributed by atoms with E-state index in [1.54, 1.807) is 0 Å². The Morgan fingerprint density at radius 1 is 1.36 bits per heavy atom. The third kappa shape index (κ3) is 3.12. The van der Waals surface area contributed by atoms with Crippen LogP contribution in [0, 0.1) is 11.3 Å².